The van der Waals surface area contributed by atoms with E-state index in [1.807, 2.05) is 0 Å². The van der Waals surface area contributed by atoms with Crippen LogP contribution in [-0.2, 0) is 0 Å². The van der Waals surface area contributed by atoms with Crippen molar-refractivity contribution in [1.82, 2.24) is 14.7 Å². The standard InChI is InChI=1S/C10H17N3OS2/c1-2-12-10(6-14)4-3-8(5-10)15-9-11-7-13-16-9/h7-8,12,14H,2-6H2,1H3. The number of thioether (sulfide) groups is 1. The van der Waals surface area contributed by atoms with Gasteiger partial charge in [-0.3, -0.25) is 0 Å². The topological polar surface area (TPSA) is 58.0 Å². The summed E-state index contributed by atoms with van der Waals surface area (Å²) in [5.74, 6) is 0. The molecule has 0 aromatic carbocycles. The van der Waals surface area contributed by atoms with E-state index in [1.165, 1.54) is 11.5 Å². The van der Waals surface area contributed by atoms with Crippen molar-refractivity contribution in [3.8, 4) is 0 Å². The molecule has 2 unspecified atom stereocenters. The third-order valence-corrected chi connectivity index (χ3v) is 5.04. The largest absolute Gasteiger partial charge is 0.394 e. The fraction of sp³-hybridized carbons (Fsp3) is 0.800. The first-order chi connectivity index (χ1) is 7.78. The summed E-state index contributed by atoms with van der Waals surface area (Å²) in [5, 5.41) is 13.5. The van der Waals surface area contributed by atoms with Crippen LogP contribution in [0.25, 0.3) is 0 Å². The quantitative estimate of drug-likeness (QED) is 0.839. The summed E-state index contributed by atoms with van der Waals surface area (Å²) in [7, 11) is 0. The minimum absolute atomic E-state index is 0.0584. The van der Waals surface area contributed by atoms with Gasteiger partial charge in [-0.15, -0.1) is 0 Å². The molecular weight excluding hydrogens is 242 g/mol. The molecule has 1 saturated carbocycles. The highest BCUT2D eigenvalue weighted by molar-refractivity contribution is 8.01. The number of hydrogen-bond acceptors (Lipinski definition) is 6. The first-order valence-electron chi connectivity index (χ1n) is 5.57. The number of aliphatic hydroxyl groups excluding tert-OH is 1. The lowest BCUT2D eigenvalue weighted by Crippen LogP contribution is -2.46. The SMILES string of the molecule is CCNC1(CO)CCC(Sc2ncns2)C1. The lowest BCUT2D eigenvalue weighted by Gasteiger charge is -2.27. The predicted octanol–water partition coefficient (Wildman–Crippen LogP) is 1.52. The van der Waals surface area contributed by atoms with Gasteiger partial charge in [-0.1, -0.05) is 18.7 Å². The third kappa shape index (κ3) is 2.74. The van der Waals surface area contributed by atoms with Crippen LogP contribution >= 0.6 is 23.3 Å². The Hall–Kier alpha value is -0.170. The van der Waals surface area contributed by atoms with Crippen LogP contribution in [0.1, 0.15) is 26.2 Å². The Morgan fingerprint density at radius 1 is 1.75 bits per heavy atom. The zero-order valence-electron chi connectivity index (χ0n) is 9.35. The van der Waals surface area contributed by atoms with Crippen molar-refractivity contribution in [2.75, 3.05) is 13.2 Å². The molecule has 1 aliphatic rings. The van der Waals surface area contributed by atoms with Gasteiger partial charge in [0.1, 0.15) is 6.33 Å². The van der Waals surface area contributed by atoms with Crippen LogP contribution in [0.2, 0.25) is 0 Å². The van der Waals surface area contributed by atoms with Crippen molar-refractivity contribution in [3.63, 3.8) is 0 Å². The molecule has 0 aliphatic heterocycles. The van der Waals surface area contributed by atoms with Gasteiger partial charge in [0.05, 0.1) is 6.61 Å². The number of likely N-dealkylation sites (N-methyl/N-ethyl adjacent to an activating group) is 1. The molecule has 1 aromatic rings. The first-order valence-corrected chi connectivity index (χ1v) is 7.22. The fourth-order valence-corrected chi connectivity index (χ4v) is 4.29. The minimum Gasteiger partial charge on any atom is -0.394 e. The summed E-state index contributed by atoms with van der Waals surface area (Å²) >= 11 is 3.24. The van der Waals surface area contributed by atoms with Gasteiger partial charge < -0.3 is 10.4 Å². The minimum atomic E-state index is -0.0584. The molecule has 0 saturated heterocycles. The molecule has 6 heteroatoms. The molecule has 0 radical (unpaired) electrons. The van der Waals surface area contributed by atoms with Gasteiger partial charge in [0.15, 0.2) is 4.34 Å². The highest BCUT2D eigenvalue weighted by Crippen LogP contribution is 2.40. The summed E-state index contributed by atoms with van der Waals surface area (Å²) in [6.45, 7) is 3.23. The molecule has 0 bridgehead atoms. The van der Waals surface area contributed by atoms with E-state index >= 15 is 0 Å². The van der Waals surface area contributed by atoms with Crippen LogP contribution in [0.4, 0.5) is 0 Å². The second-order valence-electron chi connectivity index (χ2n) is 4.16. The Bertz CT molecular complexity index is 320. The summed E-state index contributed by atoms with van der Waals surface area (Å²) in [4.78, 5) is 4.19. The smallest absolute Gasteiger partial charge is 0.170 e. The number of nitrogens with zero attached hydrogens (tertiary/aromatic N) is 2. The normalized spacial score (nSPS) is 29.8. The van der Waals surface area contributed by atoms with E-state index in [0.717, 1.165) is 30.1 Å². The van der Waals surface area contributed by atoms with Crippen LogP contribution in [0.15, 0.2) is 10.7 Å². The van der Waals surface area contributed by atoms with E-state index < -0.39 is 0 Å². The third-order valence-electron chi connectivity index (χ3n) is 3.03. The molecule has 0 spiro atoms. The predicted molar refractivity (Wildman–Crippen MR) is 66.9 cm³/mol. The van der Waals surface area contributed by atoms with Gasteiger partial charge in [-0.2, -0.15) is 4.37 Å². The van der Waals surface area contributed by atoms with E-state index in [-0.39, 0.29) is 12.1 Å². The van der Waals surface area contributed by atoms with Gasteiger partial charge in [0.2, 0.25) is 0 Å². The lowest BCUT2D eigenvalue weighted by atomic mass is 9.99. The van der Waals surface area contributed by atoms with E-state index in [9.17, 15) is 5.11 Å². The summed E-state index contributed by atoms with van der Waals surface area (Å²) in [6.07, 6.45) is 4.80. The molecule has 4 nitrogen and oxygen atoms in total. The highest BCUT2D eigenvalue weighted by atomic mass is 32.2. The number of hydrogen-bond donors (Lipinski definition) is 2. The molecule has 2 atom stereocenters. The van der Waals surface area contributed by atoms with Crippen LogP contribution in [-0.4, -0.2) is 38.4 Å². The van der Waals surface area contributed by atoms with Crippen molar-refractivity contribution in [2.24, 2.45) is 0 Å². The molecular formula is C10H17N3OS2. The molecule has 2 rings (SSSR count). The molecule has 1 fully saturated rings. The number of aromatic nitrogens is 2. The Morgan fingerprint density at radius 3 is 3.25 bits per heavy atom. The maximum atomic E-state index is 9.49. The molecule has 2 N–H and O–H groups in total. The van der Waals surface area contributed by atoms with Crippen LogP contribution in [0, 0.1) is 0 Å². The zero-order chi connectivity index (χ0) is 11.4. The first kappa shape index (κ1) is 12.3. The number of nitrogens with one attached hydrogen (secondary N) is 1. The maximum absolute atomic E-state index is 9.49. The maximum Gasteiger partial charge on any atom is 0.170 e. The van der Waals surface area contributed by atoms with Crippen molar-refractivity contribution in [3.05, 3.63) is 6.33 Å². The molecule has 90 valence electrons. The van der Waals surface area contributed by atoms with E-state index in [0.29, 0.717) is 5.25 Å². The average Bonchev–Trinajstić information content (AvgIpc) is 2.90. The molecule has 16 heavy (non-hydrogen) atoms. The summed E-state index contributed by atoms with van der Waals surface area (Å²) in [5.41, 5.74) is -0.0584. The Labute approximate surface area is 104 Å². The van der Waals surface area contributed by atoms with Gasteiger partial charge >= 0.3 is 0 Å². The average molecular weight is 259 g/mol. The van der Waals surface area contributed by atoms with Gasteiger partial charge in [-0.25, -0.2) is 4.98 Å². The Morgan fingerprint density at radius 2 is 2.62 bits per heavy atom. The van der Waals surface area contributed by atoms with Gasteiger partial charge in [0.25, 0.3) is 0 Å². The molecule has 0 amide bonds. The van der Waals surface area contributed by atoms with Crippen molar-refractivity contribution in [2.45, 2.75) is 41.3 Å². The van der Waals surface area contributed by atoms with E-state index in [2.05, 4.69) is 21.6 Å². The van der Waals surface area contributed by atoms with Crippen LogP contribution in [0.3, 0.4) is 0 Å². The highest BCUT2D eigenvalue weighted by Gasteiger charge is 2.38. The molecule has 1 heterocycles. The van der Waals surface area contributed by atoms with Crippen LogP contribution < -0.4 is 5.32 Å². The zero-order valence-corrected chi connectivity index (χ0v) is 11.0. The second kappa shape index (κ2) is 5.44. The van der Waals surface area contributed by atoms with Crippen molar-refractivity contribution < 1.29 is 5.11 Å². The lowest BCUT2D eigenvalue weighted by molar-refractivity contribution is 0.167. The molecule has 1 aliphatic carbocycles. The number of rotatable bonds is 5. The van der Waals surface area contributed by atoms with E-state index in [4.69, 9.17) is 0 Å². The molecule has 1 aromatic heterocycles. The van der Waals surface area contributed by atoms with Gasteiger partial charge in [0, 0.05) is 10.8 Å². The van der Waals surface area contributed by atoms with Crippen molar-refractivity contribution >= 4 is 23.3 Å². The number of aliphatic hydroxyl groups is 1. The summed E-state index contributed by atoms with van der Waals surface area (Å²) < 4.78 is 5.04. The van der Waals surface area contributed by atoms with Crippen molar-refractivity contribution in [1.29, 1.82) is 0 Å². The summed E-state index contributed by atoms with van der Waals surface area (Å²) in [6, 6.07) is 0. The fourth-order valence-electron chi connectivity index (χ4n) is 2.27. The van der Waals surface area contributed by atoms with Gasteiger partial charge in [-0.05, 0) is 37.3 Å². The van der Waals surface area contributed by atoms with E-state index in [1.54, 1.807) is 18.1 Å². The second-order valence-corrected chi connectivity index (χ2v) is 6.49. The Kier molecular flexibility index (Phi) is 4.18. The van der Waals surface area contributed by atoms with Crippen LogP contribution in [0.5, 0.6) is 0 Å². The Balaban J connectivity index is 1.91. The monoisotopic (exact) mass is 259 g/mol.